The molecule has 1 saturated carbocycles. The van der Waals surface area contributed by atoms with Crippen molar-refractivity contribution in [2.75, 3.05) is 0 Å². The molecule has 2 heteroatoms. The van der Waals surface area contributed by atoms with Gasteiger partial charge in [-0.1, -0.05) is 18.2 Å². The Morgan fingerprint density at radius 1 is 1.31 bits per heavy atom. The van der Waals surface area contributed by atoms with Crippen LogP contribution in [0.4, 0.5) is 0 Å². The molecule has 0 unspecified atom stereocenters. The van der Waals surface area contributed by atoms with Crippen LogP contribution in [0.1, 0.15) is 25.3 Å². The zero-order chi connectivity index (χ0) is 9.47. The van der Waals surface area contributed by atoms with Crippen LogP contribution in [0.3, 0.4) is 0 Å². The van der Waals surface area contributed by atoms with Gasteiger partial charge < -0.3 is 10.2 Å². The number of hydrogen-bond donors (Lipinski definition) is 2. The van der Waals surface area contributed by atoms with Gasteiger partial charge in [-0.15, -0.1) is 0 Å². The van der Waals surface area contributed by atoms with Crippen molar-refractivity contribution in [3.8, 4) is 5.75 Å². The fraction of sp³-hybridized carbons (Fsp3) is 0.455. The molecule has 1 aliphatic rings. The van der Waals surface area contributed by atoms with Crippen LogP contribution in [0, 0.1) is 5.92 Å². The van der Waals surface area contributed by atoms with Gasteiger partial charge in [-0.3, -0.25) is 0 Å². The Bertz CT molecular complexity index is 314. The molecular weight excluding hydrogens is 164 g/mol. The number of phenols is 1. The minimum absolute atomic E-state index is 0.194. The minimum atomic E-state index is -0.856. The molecule has 1 aliphatic carbocycles. The van der Waals surface area contributed by atoms with Crippen LogP contribution in [-0.2, 0) is 5.60 Å². The van der Waals surface area contributed by atoms with Gasteiger partial charge in [-0.25, -0.2) is 0 Å². The third-order valence-electron chi connectivity index (χ3n) is 2.82. The first-order valence-corrected chi connectivity index (χ1v) is 4.63. The summed E-state index contributed by atoms with van der Waals surface area (Å²) in [5.41, 5.74) is -0.205. The van der Waals surface area contributed by atoms with Crippen molar-refractivity contribution in [1.82, 2.24) is 0 Å². The summed E-state index contributed by atoms with van der Waals surface area (Å²) in [4.78, 5) is 0. The van der Waals surface area contributed by atoms with Gasteiger partial charge in [0.1, 0.15) is 5.75 Å². The normalized spacial score (nSPS) is 21.1. The lowest BCUT2D eigenvalue weighted by molar-refractivity contribution is 0.0308. The average molecular weight is 178 g/mol. The topological polar surface area (TPSA) is 40.5 Å². The van der Waals surface area contributed by atoms with Gasteiger partial charge in [0.25, 0.3) is 0 Å². The Morgan fingerprint density at radius 3 is 2.46 bits per heavy atom. The lowest BCUT2D eigenvalue weighted by atomic mass is 9.90. The third-order valence-corrected chi connectivity index (χ3v) is 2.82. The second-order valence-electron chi connectivity index (χ2n) is 3.94. The van der Waals surface area contributed by atoms with Gasteiger partial charge in [-0.05, 0) is 31.7 Å². The molecule has 1 aromatic carbocycles. The van der Waals surface area contributed by atoms with Crippen LogP contribution in [0.2, 0.25) is 0 Å². The van der Waals surface area contributed by atoms with Crippen LogP contribution < -0.4 is 0 Å². The van der Waals surface area contributed by atoms with Gasteiger partial charge in [0.2, 0.25) is 0 Å². The van der Waals surface area contributed by atoms with E-state index in [4.69, 9.17) is 0 Å². The largest absolute Gasteiger partial charge is 0.508 e. The Labute approximate surface area is 77.8 Å². The summed E-state index contributed by atoms with van der Waals surface area (Å²) in [5.74, 6) is 0.514. The highest BCUT2D eigenvalue weighted by molar-refractivity contribution is 5.37. The van der Waals surface area contributed by atoms with Crippen LogP contribution in [0.5, 0.6) is 5.75 Å². The van der Waals surface area contributed by atoms with Gasteiger partial charge in [0.05, 0.1) is 5.60 Å². The van der Waals surface area contributed by atoms with E-state index in [2.05, 4.69) is 0 Å². The second kappa shape index (κ2) is 2.74. The molecular formula is C11H14O2. The molecule has 0 aliphatic heterocycles. The Balaban J connectivity index is 2.38. The van der Waals surface area contributed by atoms with Crippen molar-refractivity contribution in [2.45, 2.75) is 25.4 Å². The summed E-state index contributed by atoms with van der Waals surface area (Å²) in [6.45, 7) is 1.78. The van der Waals surface area contributed by atoms with Crippen molar-refractivity contribution in [2.24, 2.45) is 5.92 Å². The zero-order valence-corrected chi connectivity index (χ0v) is 7.70. The summed E-state index contributed by atoms with van der Waals surface area (Å²) >= 11 is 0. The predicted octanol–water partition coefficient (Wildman–Crippen LogP) is 2.01. The van der Waals surface area contributed by atoms with Gasteiger partial charge >= 0.3 is 0 Å². The molecule has 0 radical (unpaired) electrons. The number of phenolic OH excluding ortho intramolecular Hbond substituents is 1. The monoisotopic (exact) mass is 178 g/mol. The van der Waals surface area contributed by atoms with E-state index in [1.165, 1.54) is 0 Å². The smallest absolute Gasteiger partial charge is 0.121 e. The predicted molar refractivity (Wildman–Crippen MR) is 50.4 cm³/mol. The SMILES string of the molecule is C[C@@](O)(c1ccccc1O)C1CC1. The fourth-order valence-electron chi connectivity index (χ4n) is 1.77. The van der Waals surface area contributed by atoms with Gasteiger partial charge in [0, 0.05) is 5.56 Å². The highest BCUT2D eigenvalue weighted by Crippen LogP contribution is 2.47. The van der Waals surface area contributed by atoms with Crippen LogP contribution >= 0.6 is 0 Å². The maximum atomic E-state index is 10.1. The molecule has 1 atom stereocenters. The molecule has 13 heavy (non-hydrogen) atoms. The van der Waals surface area contributed by atoms with Gasteiger partial charge in [-0.2, -0.15) is 0 Å². The van der Waals surface area contributed by atoms with Crippen LogP contribution in [0.25, 0.3) is 0 Å². The number of benzene rings is 1. The first-order valence-electron chi connectivity index (χ1n) is 4.63. The molecule has 2 rings (SSSR count). The van der Waals surface area contributed by atoms with Gasteiger partial charge in [0.15, 0.2) is 0 Å². The van der Waals surface area contributed by atoms with Crippen molar-refractivity contribution < 1.29 is 10.2 Å². The number of para-hydroxylation sites is 1. The summed E-state index contributed by atoms with van der Waals surface area (Å²) < 4.78 is 0. The fourth-order valence-corrected chi connectivity index (χ4v) is 1.77. The lowest BCUT2D eigenvalue weighted by Gasteiger charge is -2.24. The first kappa shape index (κ1) is 8.57. The average Bonchev–Trinajstić information content (AvgIpc) is 2.86. The Hall–Kier alpha value is -1.02. The number of rotatable bonds is 2. The molecule has 0 bridgehead atoms. The number of aliphatic hydroxyl groups is 1. The molecule has 1 fully saturated rings. The van der Waals surface area contributed by atoms with E-state index in [1.807, 2.05) is 6.07 Å². The molecule has 70 valence electrons. The van der Waals surface area contributed by atoms with E-state index in [0.29, 0.717) is 11.5 Å². The van der Waals surface area contributed by atoms with Crippen molar-refractivity contribution in [3.63, 3.8) is 0 Å². The first-order chi connectivity index (χ1) is 6.12. The van der Waals surface area contributed by atoms with E-state index in [1.54, 1.807) is 25.1 Å². The zero-order valence-electron chi connectivity index (χ0n) is 7.70. The van der Waals surface area contributed by atoms with E-state index in [-0.39, 0.29) is 5.75 Å². The number of aromatic hydroxyl groups is 1. The molecule has 0 heterocycles. The molecule has 2 nitrogen and oxygen atoms in total. The van der Waals surface area contributed by atoms with E-state index >= 15 is 0 Å². The molecule has 0 saturated heterocycles. The summed E-state index contributed by atoms with van der Waals surface area (Å²) in [5, 5.41) is 19.7. The summed E-state index contributed by atoms with van der Waals surface area (Å²) in [6.07, 6.45) is 2.11. The van der Waals surface area contributed by atoms with E-state index in [9.17, 15) is 10.2 Å². The second-order valence-corrected chi connectivity index (χ2v) is 3.94. The van der Waals surface area contributed by atoms with Crippen molar-refractivity contribution >= 4 is 0 Å². The molecule has 0 amide bonds. The quantitative estimate of drug-likeness (QED) is 0.727. The maximum Gasteiger partial charge on any atom is 0.121 e. The third kappa shape index (κ3) is 1.42. The Morgan fingerprint density at radius 2 is 1.92 bits per heavy atom. The molecule has 1 aromatic rings. The van der Waals surface area contributed by atoms with Crippen molar-refractivity contribution in [1.29, 1.82) is 0 Å². The van der Waals surface area contributed by atoms with E-state index < -0.39 is 5.60 Å². The summed E-state index contributed by atoms with van der Waals surface area (Å²) in [7, 11) is 0. The van der Waals surface area contributed by atoms with Crippen LogP contribution in [-0.4, -0.2) is 10.2 Å². The van der Waals surface area contributed by atoms with Crippen LogP contribution in [0.15, 0.2) is 24.3 Å². The standard InChI is InChI=1S/C11H14O2/c1-11(13,8-6-7-8)9-4-2-3-5-10(9)12/h2-5,8,12-13H,6-7H2,1H3/t11-/m0/s1. The highest BCUT2D eigenvalue weighted by Gasteiger charge is 2.42. The highest BCUT2D eigenvalue weighted by atomic mass is 16.3. The molecule has 2 N–H and O–H groups in total. The number of hydrogen-bond acceptors (Lipinski definition) is 2. The van der Waals surface area contributed by atoms with Crippen molar-refractivity contribution in [3.05, 3.63) is 29.8 Å². The molecule has 0 spiro atoms. The molecule has 0 aromatic heterocycles. The Kier molecular flexibility index (Phi) is 1.81. The maximum absolute atomic E-state index is 10.1. The minimum Gasteiger partial charge on any atom is -0.508 e. The summed E-state index contributed by atoms with van der Waals surface area (Å²) in [6, 6.07) is 7.01. The lowest BCUT2D eigenvalue weighted by Crippen LogP contribution is -2.23. The van der Waals surface area contributed by atoms with E-state index in [0.717, 1.165) is 12.8 Å².